The van der Waals surface area contributed by atoms with E-state index in [0.29, 0.717) is 16.1 Å². The van der Waals surface area contributed by atoms with Crippen LogP contribution in [0.25, 0.3) is 0 Å². The predicted molar refractivity (Wildman–Crippen MR) is 81.4 cm³/mol. The second kappa shape index (κ2) is 6.27. The minimum absolute atomic E-state index is 0.0166. The molecular weight excluding hydrogens is 308 g/mol. The number of hydrogen-bond acceptors (Lipinski definition) is 3. The lowest BCUT2D eigenvalue weighted by Gasteiger charge is -2.10. The Kier molecular flexibility index (Phi) is 4.63. The van der Waals surface area contributed by atoms with Crippen molar-refractivity contribution in [2.24, 2.45) is 0 Å². The molecule has 0 atom stereocenters. The van der Waals surface area contributed by atoms with Gasteiger partial charge in [-0.05, 0) is 30.2 Å². The molecule has 0 bridgehead atoms. The first-order chi connectivity index (χ1) is 9.95. The van der Waals surface area contributed by atoms with E-state index in [0.717, 1.165) is 0 Å². The molecule has 21 heavy (non-hydrogen) atoms. The molecule has 2 aromatic rings. The van der Waals surface area contributed by atoms with Gasteiger partial charge in [-0.3, -0.25) is 0 Å². The molecule has 0 saturated carbocycles. The number of aryl methyl sites for hydroxylation is 1. The standard InChI is InChI=1S/C15H13ClN2O2S/c1-11-5-4-8-15(13(11)9-17)21(19,20)18-10-12-6-2-3-7-14(12)16/h2-8,18H,10H2,1H3. The van der Waals surface area contributed by atoms with Crippen molar-refractivity contribution in [2.75, 3.05) is 0 Å². The number of nitriles is 1. The first-order valence-electron chi connectivity index (χ1n) is 6.18. The lowest BCUT2D eigenvalue weighted by atomic mass is 10.1. The zero-order chi connectivity index (χ0) is 15.5. The first-order valence-corrected chi connectivity index (χ1v) is 8.04. The third-order valence-electron chi connectivity index (χ3n) is 3.05. The van der Waals surface area contributed by atoms with Crippen LogP contribution >= 0.6 is 11.6 Å². The van der Waals surface area contributed by atoms with E-state index in [9.17, 15) is 8.42 Å². The Morgan fingerprint density at radius 2 is 1.90 bits per heavy atom. The quantitative estimate of drug-likeness (QED) is 0.941. The summed E-state index contributed by atoms with van der Waals surface area (Å²) in [6.07, 6.45) is 0. The molecule has 0 unspecified atom stereocenters. The summed E-state index contributed by atoms with van der Waals surface area (Å²) in [4.78, 5) is -0.0166. The SMILES string of the molecule is Cc1cccc(S(=O)(=O)NCc2ccccc2Cl)c1C#N. The maximum absolute atomic E-state index is 12.3. The van der Waals surface area contributed by atoms with Gasteiger partial charge in [0.2, 0.25) is 10.0 Å². The minimum atomic E-state index is -3.77. The first kappa shape index (κ1) is 15.5. The van der Waals surface area contributed by atoms with Gasteiger partial charge in [0.25, 0.3) is 0 Å². The third kappa shape index (κ3) is 3.42. The fraction of sp³-hybridized carbons (Fsp3) is 0.133. The van der Waals surface area contributed by atoms with Gasteiger partial charge in [-0.25, -0.2) is 13.1 Å². The van der Waals surface area contributed by atoms with Crippen molar-refractivity contribution >= 4 is 21.6 Å². The van der Waals surface area contributed by atoms with Crippen LogP contribution in [0, 0.1) is 18.3 Å². The molecule has 0 radical (unpaired) electrons. The Bertz CT molecular complexity index is 811. The van der Waals surface area contributed by atoms with Crippen molar-refractivity contribution in [3.05, 3.63) is 64.2 Å². The summed E-state index contributed by atoms with van der Waals surface area (Å²) in [5.41, 5.74) is 1.45. The van der Waals surface area contributed by atoms with E-state index in [4.69, 9.17) is 16.9 Å². The molecule has 0 saturated heterocycles. The van der Waals surface area contributed by atoms with E-state index in [-0.39, 0.29) is 17.0 Å². The summed E-state index contributed by atoms with van der Waals surface area (Å²) in [5.74, 6) is 0. The monoisotopic (exact) mass is 320 g/mol. The highest BCUT2D eigenvalue weighted by Gasteiger charge is 2.19. The normalized spacial score (nSPS) is 11.1. The highest BCUT2D eigenvalue weighted by Crippen LogP contribution is 2.20. The lowest BCUT2D eigenvalue weighted by Crippen LogP contribution is -2.24. The molecule has 0 aliphatic heterocycles. The average molecular weight is 321 g/mol. The Morgan fingerprint density at radius 3 is 2.57 bits per heavy atom. The largest absolute Gasteiger partial charge is 0.242 e. The van der Waals surface area contributed by atoms with Crippen molar-refractivity contribution in [1.82, 2.24) is 4.72 Å². The van der Waals surface area contributed by atoms with Crippen LogP contribution in [-0.2, 0) is 16.6 Å². The van der Waals surface area contributed by atoms with Crippen LogP contribution in [0.5, 0.6) is 0 Å². The van der Waals surface area contributed by atoms with Crippen LogP contribution in [0.1, 0.15) is 16.7 Å². The summed E-state index contributed by atoms with van der Waals surface area (Å²) < 4.78 is 27.2. The summed E-state index contributed by atoms with van der Waals surface area (Å²) in [6.45, 7) is 1.77. The van der Waals surface area contributed by atoms with Gasteiger partial charge in [0, 0.05) is 11.6 Å². The van der Waals surface area contributed by atoms with Crippen LogP contribution < -0.4 is 4.72 Å². The number of nitrogens with one attached hydrogen (secondary N) is 1. The van der Waals surface area contributed by atoms with E-state index in [2.05, 4.69) is 4.72 Å². The van der Waals surface area contributed by atoms with Crippen molar-refractivity contribution in [2.45, 2.75) is 18.4 Å². The van der Waals surface area contributed by atoms with E-state index >= 15 is 0 Å². The smallest absolute Gasteiger partial charge is 0.207 e. The fourth-order valence-electron chi connectivity index (χ4n) is 1.90. The Labute approximate surface area is 129 Å². The highest BCUT2D eigenvalue weighted by atomic mass is 35.5. The molecule has 0 aliphatic carbocycles. The highest BCUT2D eigenvalue weighted by molar-refractivity contribution is 7.89. The number of halogens is 1. The minimum Gasteiger partial charge on any atom is -0.207 e. The molecule has 0 amide bonds. The van der Waals surface area contributed by atoms with Gasteiger partial charge >= 0.3 is 0 Å². The van der Waals surface area contributed by atoms with E-state index < -0.39 is 10.0 Å². The van der Waals surface area contributed by atoms with Gasteiger partial charge in [0.15, 0.2) is 0 Å². The molecule has 0 heterocycles. The Hall–Kier alpha value is -1.87. The molecule has 2 rings (SSSR count). The molecule has 0 fully saturated rings. The molecule has 0 aromatic heterocycles. The number of nitrogens with zero attached hydrogens (tertiary/aromatic N) is 1. The van der Waals surface area contributed by atoms with Gasteiger partial charge in [-0.15, -0.1) is 0 Å². The van der Waals surface area contributed by atoms with Crippen molar-refractivity contribution in [3.8, 4) is 6.07 Å². The number of hydrogen-bond donors (Lipinski definition) is 1. The van der Waals surface area contributed by atoms with Crippen LogP contribution in [0.3, 0.4) is 0 Å². The lowest BCUT2D eigenvalue weighted by molar-refractivity contribution is 0.581. The van der Waals surface area contributed by atoms with Crippen LogP contribution in [0.4, 0.5) is 0 Å². The Balaban J connectivity index is 2.30. The zero-order valence-electron chi connectivity index (χ0n) is 11.3. The molecule has 6 heteroatoms. The molecule has 0 aliphatic rings. The number of benzene rings is 2. The molecule has 4 nitrogen and oxygen atoms in total. The van der Waals surface area contributed by atoms with E-state index in [1.807, 2.05) is 6.07 Å². The summed E-state index contributed by atoms with van der Waals surface area (Å²) in [5, 5.41) is 9.62. The maximum atomic E-state index is 12.3. The third-order valence-corrected chi connectivity index (χ3v) is 4.86. The molecule has 0 spiro atoms. The van der Waals surface area contributed by atoms with Gasteiger partial charge in [0.1, 0.15) is 11.0 Å². The average Bonchev–Trinajstić information content (AvgIpc) is 2.46. The zero-order valence-corrected chi connectivity index (χ0v) is 12.9. The Morgan fingerprint density at radius 1 is 1.19 bits per heavy atom. The second-order valence-electron chi connectivity index (χ2n) is 4.48. The molecular formula is C15H13ClN2O2S. The van der Waals surface area contributed by atoms with Crippen molar-refractivity contribution in [1.29, 1.82) is 5.26 Å². The van der Waals surface area contributed by atoms with Gasteiger partial charge < -0.3 is 0 Å². The summed E-state index contributed by atoms with van der Waals surface area (Å²) in [6, 6.07) is 13.7. The van der Waals surface area contributed by atoms with Crippen LogP contribution in [0.2, 0.25) is 5.02 Å². The van der Waals surface area contributed by atoms with Gasteiger partial charge in [-0.1, -0.05) is 41.9 Å². The fourth-order valence-corrected chi connectivity index (χ4v) is 3.34. The molecule has 2 aromatic carbocycles. The number of sulfonamides is 1. The second-order valence-corrected chi connectivity index (χ2v) is 6.62. The topological polar surface area (TPSA) is 70.0 Å². The predicted octanol–water partition coefficient (Wildman–Crippen LogP) is 3.00. The van der Waals surface area contributed by atoms with E-state index in [1.165, 1.54) is 6.07 Å². The number of rotatable bonds is 4. The van der Waals surface area contributed by atoms with Gasteiger partial charge in [0.05, 0.1) is 5.56 Å². The van der Waals surface area contributed by atoms with Crippen LogP contribution in [-0.4, -0.2) is 8.42 Å². The van der Waals surface area contributed by atoms with Crippen LogP contribution in [0.15, 0.2) is 47.4 Å². The van der Waals surface area contributed by atoms with Gasteiger partial charge in [-0.2, -0.15) is 5.26 Å². The summed E-state index contributed by atoms with van der Waals surface area (Å²) >= 11 is 6.00. The van der Waals surface area contributed by atoms with Crippen molar-refractivity contribution < 1.29 is 8.42 Å². The maximum Gasteiger partial charge on any atom is 0.242 e. The van der Waals surface area contributed by atoms with E-state index in [1.54, 1.807) is 43.3 Å². The molecule has 108 valence electrons. The summed E-state index contributed by atoms with van der Waals surface area (Å²) in [7, 11) is -3.77. The van der Waals surface area contributed by atoms with Crippen molar-refractivity contribution in [3.63, 3.8) is 0 Å². The molecule has 1 N–H and O–H groups in total.